The van der Waals surface area contributed by atoms with Crippen LogP contribution in [-0.4, -0.2) is 27.1 Å². The number of nitrogens with zero attached hydrogens (tertiary/aromatic N) is 2. The average Bonchev–Trinajstić information content (AvgIpc) is 2.78. The van der Waals surface area contributed by atoms with Gasteiger partial charge in [-0.25, -0.2) is 9.18 Å². The van der Waals surface area contributed by atoms with Crippen LogP contribution in [0.15, 0.2) is 30.3 Å². The summed E-state index contributed by atoms with van der Waals surface area (Å²) in [7, 11) is 1.79. The van der Waals surface area contributed by atoms with E-state index in [9.17, 15) is 9.18 Å². The molecule has 0 aliphatic carbocycles. The van der Waals surface area contributed by atoms with E-state index in [1.807, 2.05) is 6.07 Å². The van der Waals surface area contributed by atoms with Crippen LogP contribution in [0.25, 0.3) is 0 Å². The van der Waals surface area contributed by atoms with Crippen molar-refractivity contribution in [1.29, 1.82) is 0 Å². The average molecular weight is 288 g/mol. The Morgan fingerprint density at radius 3 is 2.86 bits per heavy atom. The van der Waals surface area contributed by atoms with E-state index in [4.69, 9.17) is 5.11 Å². The molecule has 0 fully saturated rings. The van der Waals surface area contributed by atoms with Crippen LogP contribution in [0.3, 0.4) is 0 Å². The van der Waals surface area contributed by atoms with Gasteiger partial charge in [-0.1, -0.05) is 18.2 Å². The third kappa shape index (κ3) is 2.56. The van der Waals surface area contributed by atoms with E-state index in [0.717, 1.165) is 24.2 Å². The lowest BCUT2D eigenvalue weighted by molar-refractivity contribution is 0.0686. The minimum Gasteiger partial charge on any atom is -0.477 e. The van der Waals surface area contributed by atoms with Gasteiger partial charge in [0.15, 0.2) is 0 Å². The van der Waals surface area contributed by atoms with Crippen molar-refractivity contribution < 1.29 is 14.3 Å². The zero-order valence-corrected chi connectivity index (χ0v) is 11.8. The fraction of sp³-hybridized carbons (Fsp3) is 0.312. The van der Waals surface area contributed by atoms with E-state index >= 15 is 0 Å². The number of rotatable bonds is 3. The van der Waals surface area contributed by atoms with Crippen LogP contribution in [0.4, 0.5) is 4.39 Å². The Bertz CT molecular complexity index is 694. The molecule has 0 saturated heterocycles. The second-order valence-corrected chi connectivity index (χ2v) is 5.42. The molecule has 0 atom stereocenters. The van der Waals surface area contributed by atoms with Gasteiger partial charge in [0.2, 0.25) is 0 Å². The fourth-order valence-electron chi connectivity index (χ4n) is 2.96. The number of hydrogen-bond donors (Lipinski definition) is 1. The molecule has 1 aliphatic rings. The summed E-state index contributed by atoms with van der Waals surface area (Å²) in [6.45, 7) is 2.01. The van der Waals surface area contributed by atoms with Crippen molar-refractivity contribution in [3.8, 4) is 0 Å². The third-order valence-corrected chi connectivity index (χ3v) is 4.08. The van der Waals surface area contributed by atoms with Crippen molar-refractivity contribution in [1.82, 2.24) is 9.47 Å². The van der Waals surface area contributed by atoms with Gasteiger partial charge < -0.3 is 9.67 Å². The maximum Gasteiger partial charge on any atom is 0.352 e. The standard InChI is InChI=1S/C16H17FN2O2/c1-18-14-6-7-19(9-11-4-2-3-5-13(11)17)10-12(14)8-15(18)16(20)21/h2-5,8H,6-7,9-10H2,1H3,(H,20,21). The molecular weight excluding hydrogens is 271 g/mol. The van der Waals surface area contributed by atoms with Gasteiger partial charge in [-0.15, -0.1) is 0 Å². The van der Waals surface area contributed by atoms with Crippen LogP contribution in [0.5, 0.6) is 0 Å². The Kier molecular flexibility index (Phi) is 3.51. The van der Waals surface area contributed by atoms with Crippen LogP contribution in [0, 0.1) is 5.82 Å². The number of benzene rings is 1. The van der Waals surface area contributed by atoms with Crippen molar-refractivity contribution in [3.05, 3.63) is 58.7 Å². The maximum atomic E-state index is 13.7. The van der Waals surface area contributed by atoms with Gasteiger partial charge in [0, 0.05) is 44.4 Å². The number of hydrogen-bond acceptors (Lipinski definition) is 2. The van der Waals surface area contributed by atoms with Crippen LogP contribution in [0.1, 0.15) is 27.3 Å². The minimum absolute atomic E-state index is 0.192. The lowest BCUT2D eigenvalue weighted by Gasteiger charge is -2.27. The third-order valence-electron chi connectivity index (χ3n) is 4.08. The minimum atomic E-state index is -0.910. The molecule has 0 amide bonds. The molecule has 21 heavy (non-hydrogen) atoms. The van der Waals surface area contributed by atoms with Crippen molar-refractivity contribution in [2.75, 3.05) is 6.54 Å². The van der Waals surface area contributed by atoms with E-state index in [1.54, 1.807) is 29.8 Å². The first-order chi connectivity index (χ1) is 10.1. The molecule has 0 spiro atoms. The Labute approximate surface area is 122 Å². The van der Waals surface area contributed by atoms with Crippen LogP contribution in [-0.2, 0) is 26.6 Å². The molecule has 4 nitrogen and oxygen atoms in total. The molecule has 5 heteroatoms. The zero-order valence-electron chi connectivity index (χ0n) is 11.8. The topological polar surface area (TPSA) is 45.5 Å². The Balaban J connectivity index is 1.80. The van der Waals surface area contributed by atoms with Crippen LogP contribution in [0.2, 0.25) is 0 Å². The highest BCUT2D eigenvalue weighted by Crippen LogP contribution is 2.24. The first-order valence-corrected chi connectivity index (χ1v) is 6.93. The molecule has 1 aromatic carbocycles. The molecule has 3 rings (SSSR count). The van der Waals surface area contributed by atoms with E-state index in [-0.39, 0.29) is 5.82 Å². The van der Waals surface area contributed by atoms with Crippen LogP contribution >= 0.6 is 0 Å². The van der Waals surface area contributed by atoms with Gasteiger partial charge in [0.05, 0.1) is 0 Å². The second-order valence-electron chi connectivity index (χ2n) is 5.42. The highest BCUT2D eigenvalue weighted by molar-refractivity contribution is 5.86. The van der Waals surface area contributed by atoms with E-state index < -0.39 is 5.97 Å². The van der Waals surface area contributed by atoms with E-state index in [2.05, 4.69) is 4.90 Å². The summed E-state index contributed by atoms with van der Waals surface area (Å²) in [5, 5.41) is 9.17. The van der Waals surface area contributed by atoms with Crippen molar-refractivity contribution in [2.45, 2.75) is 19.5 Å². The molecule has 2 heterocycles. The summed E-state index contributed by atoms with van der Waals surface area (Å²) in [6.07, 6.45) is 0.785. The number of aromatic carboxylic acids is 1. The van der Waals surface area contributed by atoms with Crippen molar-refractivity contribution >= 4 is 5.97 Å². The summed E-state index contributed by atoms with van der Waals surface area (Å²) in [4.78, 5) is 13.3. The predicted octanol–water partition coefficient (Wildman–Crippen LogP) is 2.42. The molecule has 1 N–H and O–H groups in total. The zero-order chi connectivity index (χ0) is 15.0. The lowest BCUT2D eigenvalue weighted by atomic mass is 10.1. The Morgan fingerprint density at radius 2 is 2.14 bits per heavy atom. The first-order valence-electron chi connectivity index (χ1n) is 6.93. The van der Waals surface area contributed by atoms with E-state index in [0.29, 0.717) is 24.3 Å². The van der Waals surface area contributed by atoms with Crippen molar-refractivity contribution in [2.24, 2.45) is 7.05 Å². The largest absolute Gasteiger partial charge is 0.477 e. The number of carboxylic acid groups (broad SMARTS) is 1. The van der Waals surface area contributed by atoms with Gasteiger partial charge in [-0.2, -0.15) is 0 Å². The van der Waals surface area contributed by atoms with Crippen LogP contribution < -0.4 is 0 Å². The summed E-state index contributed by atoms with van der Waals surface area (Å²) in [5.41, 5.74) is 3.08. The normalized spacial score (nSPS) is 15.0. The number of carboxylic acids is 1. The van der Waals surface area contributed by atoms with Gasteiger partial charge in [-0.3, -0.25) is 4.90 Å². The number of fused-ring (bicyclic) bond motifs is 1. The summed E-state index contributed by atoms with van der Waals surface area (Å²) in [5.74, 6) is -1.10. The SMILES string of the molecule is Cn1c(C(=O)O)cc2c1CCN(Cc1ccccc1F)C2. The lowest BCUT2D eigenvalue weighted by Crippen LogP contribution is -2.30. The molecule has 1 aromatic heterocycles. The quantitative estimate of drug-likeness (QED) is 0.943. The summed E-state index contributed by atoms with van der Waals surface area (Å²) >= 11 is 0. The molecule has 1 aliphatic heterocycles. The maximum absolute atomic E-state index is 13.7. The van der Waals surface area contributed by atoms with Gasteiger partial charge in [0.1, 0.15) is 11.5 Å². The molecule has 2 aromatic rings. The van der Waals surface area contributed by atoms with Gasteiger partial charge in [-0.05, 0) is 17.7 Å². The number of carbonyl (C=O) groups is 1. The van der Waals surface area contributed by atoms with E-state index in [1.165, 1.54) is 6.07 Å². The molecule has 110 valence electrons. The number of halogens is 1. The monoisotopic (exact) mass is 288 g/mol. The molecule has 0 saturated carbocycles. The van der Waals surface area contributed by atoms with Gasteiger partial charge in [0.25, 0.3) is 0 Å². The first kappa shape index (κ1) is 13.8. The van der Waals surface area contributed by atoms with Crippen molar-refractivity contribution in [3.63, 3.8) is 0 Å². The molecule has 0 bridgehead atoms. The summed E-state index contributed by atoms with van der Waals surface area (Å²) < 4.78 is 15.5. The second kappa shape index (κ2) is 5.33. The smallest absolute Gasteiger partial charge is 0.352 e. The Hall–Kier alpha value is -2.14. The summed E-state index contributed by atoms with van der Waals surface area (Å²) in [6, 6.07) is 8.50. The molecular formula is C16H17FN2O2. The molecule has 0 unspecified atom stereocenters. The highest BCUT2D eigenvalue weighted by atomic mass is 19.1. The molecule has 0 radical (unpaired) electrons. The number of aromatic nitrogens is 1. The highest BCUT2D eigenvalue weighted by Gasteiger charge is 2.23. The van der Waals surface area contributed by atoms with Gasteiger partial charge >= 0.3 is 5.97 Å². The predicted molar refractivity (Wildman–Crippen MR) is 76.6 cm³/mol. The Morgan fingerprint density at radius 1 is 1.38 bits per heavy atom. The fourth-order valence-corrected chi connectivity index (χ4v) is 2.96.